The molecular formula is C27H30Cl2N2O4S. The fourth-order valence-electron chi connectivity index (χ4n) is 3.54. The molecule has 1 N–H and O–H groups in total. The van der Waals surface area contributed by atoms with Crippen LogP contribution in [0.25, 0.3) is 0 Å². The van der Waals surface area contributed by atoms with Crippen LogP contribution in [0.1, 0.15) is 31.9 Å². The topological polar surface area (TPSA) is 75.7 Å². The highest BCUT2D eigenvalue weighted by molar-refractivity contribution is 7.92. The molecule has 0 aliphatic heterocycles. The van der Waals surface area contributed by atoms with Gasteiger partial charge in [-0.2, -0.15) is 0 Å². The van der Waals surface area contributed by atoms with Crippen LogP contribution in [0.15, 0.2) is 71.6 Å². The van der Waals surface area contributed by atoms with Crippen LogP contribution in [0, 0.1) is 6.92 Å². The molecule has 9 heteroatoms. The molecule has 3 aromatic rings. The van der Waals surface area contributed by atoms with E-state index in [1.807, 2.05) is 31.2 Å². The molecule has 6 nitrogen and oxygen atoms in total. The van der Waals surface area contributed by atoms with Gasteiger partial charge in [0.25, 0.3) is 10.0 Å². The Bertz CT molecular complexity index is 1320. The van der Waals surface area contributed by atoms with Crippen LogP contribution in [-0.2, 0) is 20.2 Å². The number of rotatable bonds is 9. The van der Waals surface area contributed by atoms with Crippen molar-refractivity contribution in [3.05, 3.63) is 87.9 Å². The summed E-state index contributed by atoms with van der Waals surface area (Å²) in [7, 11) is -4.05. The minimum atomic E-state index is -4.05. The fourth-order valence-corrected chi connectivity index (χ4v) is 5.25. The lowest BCUT2D eigenvalue weighted by Crippen LogP contribution is -2.42. The second-order valence-electron chi connectivity index (χ2n) is 9.37. The van der Waals surface area contributed by atoms with E-state index in [1.54, 1.807) is 12.1 Å². The third-order valence-corrected chi connectivity index (χ3v) is 7.99. The van der Waals surface area contributed by atoms with E-state index in [2.05, 4.69) is 26.1 Å². The summed E-state index contributed by atoms with van der Waals surface area (Å²) in [6, 6.07) is 18.6. The maximum atomic E-state index is 13.5. The zero-order valence-electron chi connectivity index (χ0n) is 20.7. The number of hydrogen-bond donors (Lipinski definition) is 1. The first-order valence-corrected chi connectivity index (χ1v) is 13.6. The van der Waals surface area contributed by atoms with E-state index < -0.39 is 22.5 Å². The molecule has 0 saturated carbocycles. The van der Waals surface area contributed by atoms with Crippen LogP contribution in [0.3, 0.4) is 0 Å². The Balaban J connectivity index is 1.73. The SMILES string of the molecule is Cc1ccc(S(=O)(=O)N(CC(=O)NCCOc2ccccc2C(C)(C)C)c2ccc(Cl)c(Cl)c2)cc1. The van der Waals surface area contributed by atoms with Crippen molar-refractivity contribution >= 4 is 44.8 Å². The monoisotopic (exact) mass is 548 g/mol. The fraction of sp³-hybridized carbons (Fsp3) is 0.296. The summed E-state index contributed by atoms with van der Waals surface area (Å²) in [5, 5.41) is 3.21. The molecule has 1 amide bonds. The number of aryl methyl sites for hydroxylation is 1. The molecule has 0 fully saturated rings. The molecule has 36 heavy (non-hydrogen) atoms. The van der Waals surface area contributed by atoms with Crippen molar-refractivity contribution in [2.75, 3.05) is 24.0 Å². The number of sulfonamides is 1. The van der Waals surface area contributed by atoms with E-state index in [0.29, 0.717) is 0 Å². The maximum absolute atomic E-state index is 13.5. The Labute approximate surface area is 223 Å². The minimum Gasteiger partial charge on any atom is -0.491 e. The van der Waals surface area contributed by atoms with Gasteiger partial charge in [0.15, 0.2) is 0 Å². The van der Waals surface area contributed by atoms with Crippen molar-refractivity contribution in [3.63, 3.8) is 0 Å². The average molecular weight is 550 g/mol. The van der Waals surface area contributed by atoms with Crippen molar-refractivity contribution in [2.24, 2.45) is 0 Å². The molecule has 0 saturated heterocycles. The predicted molar refractivity (Wildman–Crippen MR) is 146 cm³/mol. The minimum absolute atomic E-state index is 0.0640. The first-order chi connectivity index (χ1) is 16.9. The van der Waals surface area contributed by atoms with Crippen molar-refractivity contribution in [3.8, 4) is 5.75 Å². The number of ether oxygens (including phenoxy) is 1. The molecule has 3 aromatic carbocycles. The molecule has 0 bridgehead atoms. The van der Waals surface area contributed by atoms with Crippen LogP contribution in [-0.4, -0.2) is 34.0 Å². The van der Waals surface area contributed by atoms with E-state index in [4.69, 9.17) is 27.9 Å². The van der Waals surface area contributed by atoms with Gasteiger partial charge in [0.2, 0.25) is 5.91 Å². The van der Waals surface area contributed by atoms with Gasteiger partial charge in [-0.15, -0.1) is 0 Å². The highest BCUT2D eigenvalue weighted by Gasteiger charge is 2.27. The molecule has 0 aliphatic carbocycles. The second kappa shape index (κ2) is 11.5. The highest BCUT2D eigenvalue weighted by Crippen LogP contribution is 2.32. The van der Waals surface area contributed by atoms with Crippen LogP contribution in [0.4, 0.5) is 5.69 Å². The third-order valence-electron chi connectivity index (χ3n) is 5.46. The van der Waals surface area contributed by atoms with Crippen molar-refractivity contribution in [1.82, 2.24) is 5.32 Å². The highest BCUT2D eigenvalue weighted by atomic mass is 35.5. The summed E-state index contributed by atoms with van der Waals surface area (Å²) in [5.74, 6) is 0.267. The number of benzene rings is 3. The standard InChI is InChI=1S/C27H30Cl2N2O4S/c1-19-9-12-21(13-10-19)36(33,34)31(20-11-14-23(28)24(29)17-20)18-26(32)30-15-16-35-25-8-6-5-7-22(25)27(2,3)4/h5-14,17H,15-16,18H2,1-4H3,(H,30,32). The number of nitrogens with zero attached hydrogens (tertiary/aromatic N) is 1. The Kier molecular flexibility index (Phi) is 8.93. The van der Waals surface area contributed by atoms with Gasteiger partial charge in [0.05, 0.1) is 27.2 Å². The normalized spacial score (nSPS) is 11.7. The summed E-state index contributed by atoms with van der Waals surface area (Å²) < 4.78 is 33.9. The van der Waals surface area contributed by atoms with Crippen LogP contribution < -0.4 is 14.4 Å². The van der Waals surface area contributed by atoms with Crippen molar-refractivity contribution in [2.45, 2.75) is 38.0 Å². The molecule has 0 spiro atoms. The number of halogens is 2. The summed E-state index contributed by atoms with van der Waals surface area (Å²) in [4.78, 5) is 12.9. The maximum Gasteiger partial charge on any atom is 0.264 e. The van der Waals surface area contributed by atoms with Crippen LogP contribution >= 0.6 is 23.2 Å². The van der Waals surface area contributed by atoms with E-state index in [-0.39, 0.29) is 39.2 Å². The van der Waals surface area contributed by atoms with Crippen LogP contribution in [0.2, 0.25) is 10.0 Å². The molecule has 0 aliphatic rings. The van der Waals surface area contributed by atoms with E-state index in [0.717, 1.165) is 21.2 Å². The number of hydrogen-bond acceptors (Lipinski definition) is 4. The number of anilines is 1. The largest absolute Gasteiger partial charge is 0.491 e. The summed E-state index contributed by atoms with van der Waals surface area (Å²) in [6.07, 6.45) is 0. The first-order valence-electron chi connectivity index (χ1n) is 11.4. The van der Waals surface area contributed by atoms with Crippen molar-refractivity contribution < 1.29 is 17.9 Å². The zero-order valence-corrected chi connectivity index (χ0v) is 23.0. The smallest absolute Gasteiger partial charge is 0.264 e. The number of para-hydroxylation sites is 1. The van der Waals surface area contributed by atoms with Gasteiger partial charge in [-0.25, -0.2) is 8.42 Å². The van der Waals surface area contributed by atoms with Gasteiger partial charge in [-0.05, 0) is 54.3 Å². The lowest BCUT2D eigenvalue weighted by atomic mass is 9.86. The number of nitrogens with one attached hydrogen (secondary N) is 1. The Morgan fingerprint density at radius 2 is 1.64 bits per heavy atom. The Morgan fingerprint density at radius 1 is 0.972 bits per heavy atom. The predicted octanol–water partition coefficient (Wildman–Crippen LogP) is 5.99. The lowest BCUT2D eigenvalue weighted by molar-refractivity contribution is -0.119. The zero-order chi connectivity index (χ0) is 26.5. The summed E-state index contributed by atoms with van der Waals surface area (Å²) in [6.45, 7) is 8.16. The van der Waals surface area contributed by atoms with E-state index in [9.17, 15) is 13.2 Å². The lowest BCUT2D eigenvalue weighted by Gasteiger charge is -2.25. The first kappa shape index (κ1) is 27.8. The molecular weight excluding hydrogens is 519 g/mol. The summed E-state index contributed by atoms with van der Waals surface area (Å²) >= 11 is 12.2. The number of carbonyl (C=O) groups is 1. The van der Waals surface area contributed by atoms with Crippen LogP contribution in [0.5, 0.6) is 5.75 Å². The quantitative estimate of drug-likeness (QED) is 0.333. The molecule has 0 heterocycles. The van der Waals surface area contributed by atoms with Gasteiger partial charge >= 0.3 is 0 Å². The molecule has 0 aromatic heterocycles. The van der Waals surface area contributed by atoms with Gasteiger partial charge in [-0.1, -0.05) is 79.9 Å². The molecule has 3 rings (SSSR count). The number of amides is 1. The molecule has 0 unspecified atom stereocenters. The molecule has 192 valence electrons. The molecule has 0 radical (unpaired) electrons. The van der Waals surface area contributed by atoms with E-state index in [1.165, 1.54) is 30.3 Å². The van der Waals surface area contributed by atoms with Gasteiger partial charge in [-0.3, -0.25) is 9.10 Å². The molecule has 0 atom stereocenters. The van der Waals surface area contributed by atoms with Gasteiger partial charge in [0.1, 0.15) is 18.9 Å². The van der Waals surface area contributed by atoms with Gasteiger partial charge in [0, 0.05) is 0 Å². The Morgan fingerprint density at radius 3 is 2.28 bits per heavy atom. The average Bonchev–Trinajstić information content (AvgIpc) is 2.82. The third kappa shape index (κ3) is 6.93. The Hall–Kier alpha value is -2.74. The summed E-state index contributed by atoms with van der Waals surface area (Å²) in [5.41, 5.74) is 2.12. The van der Waals surface area contributed by atoms with Gasteiger partial charge < -0.3 is 10.1 Å². The van der Waals surface area contributed by atoms with E-state index >= 15 is 0 Å². The second-order valence-corrected chi connectivity index (χ2v) is 12.0. The number of carbonyl (C=O) groups excluding carboxylic acids is 1. The van der Waals surface area contributed by atoms with Crippen molar-refractivity contribution in [1.29, 1.82) is 0 Å².